The largest absolute Gasteiger partial charge is 0.486 e. The first kappa shape index (κ1) is 41.1. The maximum atomic E-state index is 13.7. The molecule has 0 saturated carbocycles. The number of pyridine rings is 2. The Labute approximate surface area is 360 Å². The Balaban J connectivity index is 0.829. The number of rotatable bonds is 14. The molecule has 6 aromatic rings. The Bertz CT molecular complexity index is 2360. The lowest BCUT2D eigenvalue weighted by molar-refractivity contribution is -0.120. The van der Waals surface area contributed by atoms with Crippen LogP contribution >= 0.6 is 0 Å². The van der Waals surface area contributed by atoms with Crippen molar-refractivity contribution in [2.75, 3.05) is 23.7 Å². The van der Waals surface area contributed by atoms with Crippen LogP contribution in [0.1, 0.15) is 68.9 Å². The number of carbonyl (C=O) groups excluding carboxylic acids is 4. The van der Waals surface area contributed by atoms with Crippen LogP contribution in [0.25, 0.3) is 12.2 Å². The fourth-order valence-electron chi connectivity index (χ4n) is 7.64. The van der Waals surface area contributed by atoms with Gasteiger partial charge in [0.05, 0.1) is 0 Å². The summed E-state index contributed by atoms with van der Waals surface area (Å²) in [4.78, 5) is 66.2. The van der Waals surface area contributed by atoms with Gasteiger partial charge in [-0.2, -0.15) is 0 Å². The Morgan fingerprint density at radius 1 is 0.532 bits per heavy atom. The van der Waals surface area contributed by atoms with Crippen molar-refractivity contribution in [1.29, 1.82) is 0 Å². The Kier molecular flexibility index (Phi) is 13.0. The number of aromatic nitrogens is 2. The average molecular weight is 827 g/mol. The van der Waals surface area contributed by atoms with Gasteiger partial charge in [-0.05, 0) is 96.5 Å². The van der Waals surface area contributed by atoms with Crippen LogP contribution in [0.4, 0.5) is 11.4 Å². The summed E-state index contributed by atoms with van der Waals surface area (Å²) in [6.07, 6.45) is 9.52. The molecule has 12 heteroatoms. The smallest absolute Gasteiger partial charge is 0.276 e. The van der Waals surface area contributed by atoms with Crippen LogP contribution < -0.4 is 20.1 Å². The molecule has 2 fully saturated rings. The van der Waals surface area contributed by atoms with Crippen LogP contribution in [0.5, 0.6) is 11.5 Å². The monoisotopic (exact) mass is 826 g/mol. The van der Waals surface area contributed by atoms with E-state index in [1.807, 2.05) is 121 Å². The molecule has 4 heterocycles. The standard InChI is InChI=1S/C50H46N6O6/c57-47(41-15-9-31-55(41)49(59)45-43(17-7-29-51-45)61-33-37-11-3-1-4-12-37)53-39-25-21-35(22-26-39)19-20-36-23-27-40(28-24-36)54-48(58)42-16-10-32-56(42)50(60)46-44(18-8-30-52-46)62-34-38-13-5-2-6-14-38/h1-8,11-14,17-30,41-42H,9-10,15-16,31-34H2,(H,53,57)(H,54,58)/t41-,42-/m0/s1. The summed E-state index contributed by atoms with van der Waals surface area (Å²) < 4.78 is 12.0. The highest BCUT2D eigenvalue weighted by Crippen LogP contribution is 2.28. The van der Waals surface area contributed by atoms with Crippen molar-refractivity contribution >= 4 is 47.2 Å². The number of amides is 4. The zero-order valence-electron chi connectivity index (χ0n) is 34.1. The number of anilines is 2. The lowest BCUT2D eigenvalue weighted by Gasteiger charge is -2.24. The zero-order valence-corrected chi connectivity index (χ0v) is 34.1. The summed E-state index contributed by atoms with van der Waals surface area (Å²) in [6.45, 7) is 1.48. The zero-order chi connectivity index (χ0) is 42.7. The van der Waals surface area contributed by atoms with Gasteiger partial charge in [0.1, 0.15) is 25.3 Å². The summed E-state index contributed by atoms with van der Waals surface area (Å²) in [5.41, 5.74) is 5.39. The van der Waals surface area contributed by atoms with Crippen molar-refractivity contribution in [2.45, 2.75) is 51.0 Å². The van der Waals surface area contributed by atoms with E-state index in [9.17, 15) is 19.2 Å². The molecular formula is C50H46N6O6. The highest BCUT2D eigenvalue weighted by molar-refractivity contribution is 6.03. The van der Waals surface area contributed by atoms with Crippen LogP contribution in [0, 0.1) is 0 Å². The van der Waals surface area contributed by atoms with Gasteiger partial charge in [0.2, 0.25) is 11.8 Å². The lowest BCUT2D eigenvalue weighted by atomic mass is 10.1. The van der Waals surface area contributed by atoms with Crippen molar-refractivity contribution in [3.05, 3.63) is 179 Å². The predicted molar refractivity (Wildman–Crippen MR) is 237 cm³/mol. The van der Waals surface area contributed by atoms with Gasteiger partial charge in [0.15, 0.2) is 22.9 Å². The number of ether oxygens (including phenoxy) is 2. The summed E-state index contributed by atoms with van der Waals surface area (Å²) in [7, 11) is 0. The van der Waals surface area contributed by atoms with E-state index in [-0.39, 0.29) is 35.0 Å². The minimum Gasteiger partial charge on any atom is -0.486 e. The van der Waals surface area contributed by atoms with Crippen LogP contribution in [-0.2, 0) is 22.8 Å². The maximum absolute atomic E-state index is 13.7. The van der Waals surface area contributed by atoms with Crippen molar-refractivity contribution in [2.24, 2.45) is 0 Å². The molecule has 0 unspecified atom stereocenters. The van der Waals surface area contributed by atoms with E-state index in [0.29, 0.717) is 74.9 Å². The van der Waals surface area contributed by atoms with Gasteiger partial charge in [0.25, 0.3) is 11.8 Å². The second-order valence-corrected chi connectivity index (χ2v) is 15.1. The molecule has 0 bridgehead atoms. The van der Waals surface area contributed by atoms with E-state index in [1.54, 1.807) is 46.5 Å². The number of hydrogen-bond donors (Lipinski definition) is 2. The van der Waals surface area contributed by atoms with Gasteiger partial charge in [0, 0.05) is 36.9 Å². The molecule has 2 N–H and O–H groups in total. The molecular weight excluding hydrogens is 781 g/mol. The topological polar surface area (TPSA) is 143 Å². The number of hydrogen-bond acceptors (Lipinski definition) is 8. The van der Waals surface area contributed by atoms with E-state index in [4.69, 9.17) is 9.47 Å². The average Bonchev–Trinajstić information content (AvgIpc) is 4.03. The predicted octanol–water partition coefficient (Wildman–Crippen LogP) is 8.29. The van der Waals surface area contributed by atoms with E-state index < -0.39 is 12.1 Å². The normalized spacial score (nSPS) is 15.9. The van der Waals surface area contributed by atoms with E-state index in [2.05, 4.69) is 20.6 Å². The summed E-state index contributed by atoms with van der Waals surface area (Å²) in [5, 5.41) is 5.96. The molecule has 312 valence electrons. The third-order valence-corrected chi connectivity index (χ3v) is 10.9. The molecule has 0 radical (unpaired) electrons. The van der Waals surface area contributed by atoms with Crippen LogP contribution in [-0.4, -0.2) is 68.6 Å². The van der Waals surface area contributed by atoms with Crippen LogP contribution in [0.2, 0.25) is 0 Å². The fraction of sp³-hybridized carbons (Fsp3) is 0.200. The third kappa shape index (κ3) is 10.0. The molecule has 4 amide bonds. The second-order valence-electron chi connectivity index (χ2n) is 15.1. The molecule has 0 spiro atoms. The molecule has 0 aliphatic carbocycles. The first-order chi connectivity index (χ1) is 30.4. The van der Waals surface area contributed by atoms with Crippen molar-refractivity contribution in [3.8, 4) is 11.5 Å². The third-order valence-electron chi connectivity index (χ3n) is 10.9. The molecule has 4 aromatic carbocycles. The van der Waals surface area contributed by atoms with E-state index >= 15 is 0 Å². The number of carbonyl (C=O) groups is 4. The molecule has 12 nitrogen and oxygen atoms in total. The number of benzene rings is 4. The number of nitrogens with zero attached hydrogens (tertiary/aromatic N) is 4. The summed E-state index contributed by atoms with van der Waals surface area (Å²) in [5.74, 6) is -0.435. The van der Waals surface area contributed by atoms with Gasteiger partial charge in [-0.25, -0.2) is 9.97 Å². The highest BCUT2D eigenvalue weighted by Gasteiger charge is 2.37. The summed E-state index contributed by atoms with van der Waals surface area (Å²) >= 11 is 0. The first-order valence-electron chi connectivity index (χ1n) is 20.7. The van der Waals surface area contributed by atoms with Gasteiger partial charge in [-0.3, -0.25) is 19.2 Å². The highest BCUT2D eigenvalue weighted by atomic mass is 16.5. The van der Waals surface area contributed by atoms with Gasteiger partial charge >= 0.3 is 0 Å². The number of likely N-dealkylation sites (tertiary alicyclic amines) is 2. The first-order valence-corrected chi connectivity index (χ1v) is 20.7. The Hall–Kier alpha value is -7.60. The molecule has 8 rings (SSSR count). The van der Waals surface area contributed by atoms with Gasteiger partial charge in [-0.1, -0.05) is 97.1 Å². The Morgan fingerprint density at radius 2 is 0.935 bits per heavy atom. The Morgan fingerprint density at radius 3 is 1.34 bits per heavy atom. The van der Waals surface area contributed by atoms with E-state index in [1.165, 1.54) is 0 Å². The van der Waals surface area contributed by atoms with E-state index in [0.717, 1.165) is 22.3 Å². The van der Waals surface area contributed by atoms with Crippen molar-refractivity contribution in [1.82, 2.24) is 19.8 Å². The van der Waals surface area contributed by atoms with Crippen LogP contribution in [0.15, 0.2) is 146 Å². The molecule has 2 aliphatic rings. The minimum atomic E-state index is -0.635. The second kappa shape index (κ2) is 19.6. The lowest BCUT2D eigenvalue weighted by Crippen LogP contribution is -2.43. The molecule has 2 aromatic heterocycles. The van der Waals surface area contributed by atoms with Crippen molar-refractivity contribution < 1.29 is 28.7 Å². The van der Waals surface area contributed by atoms with Gasteiger partial charge < -0.3 is 29.9 Å². The maximum Gasteiger partial charge on any atom is 0.276 e. The summed E-state index contributed by atoms with van der Waals surface area (Å²) in [6, 6.07) is 39.9. The SMILES string of the molecule is O=C(Nc1ccc(C=Cc2ccc(NC(=O)[C@@H]3CCCN3C(=O)c3ncccc3OCc3ccccc3)cc2)cc1)[C@@H]1CCCN1C(=O)c1ncccc1OCc1ccccc1. The fourth-order valence-corrected chi connectivity index (χ4v) is 7.64. The molecule has 2 saturated heterocycles. The molecule has 62 heavy (non-hydrogen) atoms. The quantitative estimate of drug-likeness (QED) is 0.105. The molecule has 2 atom stereocenters. The van der Waals surface area contributed by atoms with Crippen LogP contribution in [0.3, 0.4) is 0 Å². The number of nitrogens with one attached hydrogen (secondary N) is 2. The van der Waals surface area contributed by atoms with Gasteiger partial charge in [-0.15, -0.1) is 0 Å². The van der Waals surface area contributed by atoms with Crippen molar-refractivity contribution in [3.63, 3.8) is 0 Å². The molecule has 2 aliphatic heterocycles. The minimum absolute atomic E-state index is 0.185.